The van der Waals surface area contributed by atoms with Crippen molar-refractivity contribution in [2.24, 2.45) is 11.7 Å². The first kappa shape index (κ1) is 25.3. The van der Waals surface area contributed by atoms with Crippen LogP contribution in [0.1, 0.15) is 52.9 Å². The summed E-state index contributed by atoms with van der Waals surface area (Å²) < 4.78 is 17.9. The second-order valence-electron chi connectivity index (χ2n) is 7.38. The van der Waals surface area contributed by atoms with Crippen molar-refractivity contribution in [1.29, 1.82) is 0 Å². The van der Waals surface area contributed by atoms with Crippen molar-refractivity contribution >= 4 is 19.5 Å². The quantitative estimate of drug-likeness (QED) is 0.263. The average Bonchev–Trinajstić information content (AvgIpc) is 2.65. The van der Waals surface area contributed by atoms with Gasteiger partial charge in [-0.25, -0.2) is 4.79 Å². The van der Waals surface area contributed by atoms with Crippen LogP contribution in [0.3, 0.4) is 0 Å². The smallest absolute Gasteiger partial charge is 0.351 e. The van der Waals surface area contributed by atoms with Crippen LogP contribution in [0.15, 0.2) is 30.3 Å². The molecule has 0 radical (unpaired) electrons. The lowest BCUT2D eigenvalue weighted by Crippen LogP contribution is -2.40. The number of aliphatic carboxylic acids is 1. The monoisotopic (exact) mass is 430 g/mol. The summed E-state index contributed by atoms with van der Waals surface area (Å²) in [6.45, 7) is 3.74. The molecular weight excluding hydrogens is 395 g/mol. The molecule has 0 aliphatic carbocycles. The fourth-order valence-electron chi connectivity index (χ4n) is 2.90. The third-order valence-corrected chi connectivity index (χ3v) is 6.46. The SMILES string of the molecule is CC(C)C(NC(=O)CCCc1ccccc1)P(=O)(O)OC(CCCCN)C(=O)O.[HH]. The van der Waals surface area contributed by atoms with Gasteiger partial charge in [0.25, 0.3) is 0 Å². The molecule has 0 bridgehead atoms. The summed E-state index contributed by atoms with van der Waals surface area (Å²) in [6.07, 6.45) is 1.21. The summed E-state index contributed by atoms with van der Waals surface area (Å²) >= 11 is 0. The van der Waals surface area contributed by atoms with Gasteiger partial charge in [-0.15, -0.1) is 0 Å². The van der Waals surface area contributed by atoms with Crippen molar-refractivity contribution in [3.05, 3.63) is 35.9 Å². The highest BCUT2D eigenvalue weighted by atomic mass is 31.2. The number of hydrogen-bond acceptors (Lipinski definition) is 5. The van der Waals surface area contributed by atoms with Gasteiger partial charge in [0.15, 0.2) is 6.10 Å². The van der Waals surface area contributed by atoms with Gasteiger partial charge >= 0.3 is 13.6 Å². The van der Waals surface area contributed by atoms with E-state index >= 15 is 0 Å². The third-order valence-electron chi connectivity index (χ3n) is 4.48. The standard InChI is InChI=1S/C20H33N2O6P.H2/c1-15(2)19(22-18(23)13-8-11-16-9-4-3-5-10-16)29(26,27)28-17(20(24)25)12-6-7-14-21;/h3-5,9-10,15,17,19H,6-8,11-14,21H2,1-2H3,(H,22,23)(H,24,25)(H,26,27);1H. The molecular formula is C20H35N2O6P. The molecule has 0 heterocycles. The minimum absolute atomic E-state index is 0. The molecule has 0 aliphatic heterocycles. The summed E-state index contributed by atoms with van der Waals surface area (Å²) in [5.74, 6) is -3.27. The first-order valence-corrected chi connectivity index (χ1v) is 11.6. The Balaban J connectivity index is 0.00000841. The summed E-state index contributed by atoms with van der Waals surface area (Å²) in [5, 5.41) is 11.9. The van der Waals surface area contributed by atoms with Gasteiger partial charge in [0.1, 0.15) is 5.78 Å². The van der Waals surface area contributed by atoms with Crippen molar-refractivity contribution in [1.82, 2.24) is 5.32 Å². The molecule has 0 aliphatic rings. The zero-order chi connectivity index (χ0) is 21.9. The summed E-state index contributed by atoms with van der Waals surface area (Å²) in [5.41, 5.74) is 6.51. The highest BCUT2D eigenvalue weighted by Gasteiger charge is 2.40. The molecule has 29 heavy (non-hydrogen) atoms. The van der Waals surface area contributed by atoms with E-state index in [1.54, 1.807) is 13.8 Å². The minimum Gasteiger partial charge on any atom is -0.479 e. The molecule has 0 saturated heterocycles. The molecule has 1 rings (SSSR count). The molecule has 0 fully saturated rings. The number of carboxylic acids is 1. The fraction of sp³-hybridized carbons (Fsp3) is 0.600. The van der Waals surface area contributed by atoms with E-state index in [4.69, 9.17) is 10.3 Å². The van der Waals surface area contributed by atoms with Gasteiger partial charge in [0.05, 0.1) is 0 Å². The maximum absolute atomic E-state index is 12.8. The zero-order valence-corrected chi connectivity index (χ0v) is 18.0. The number of aryl methyl sites for hydroxylation is 1. The molecule has 0 saturated carbocycles. The molecule has 166 valence electrons. The second kappa shape index (κ2) is 12.8. The molecule has 5 N–H and O–H groups in total. The second-order valence-corrected chi connectivity index (χ2v) is 9.27. The highest BCUT2D eigenvalue weighted by molar-refractivity contribution is 7.53. The predicted octanol–water partition coefficient (Wildman–Crippen LogP) is 3.14. The van der Waals surface area contributed by atoms with Gasteiger partial charge < -0.3 is 21.1 Å². The van der Waals surface area contributed by atoms with Crippen LogP contribution < -0.4 is 11.1 Å². The number of amides is 1. The molecule has 0 spiro atoms. The van der Waals surface area contributed by atoms with Crippen molar-refractivity contribution in [3.8, 4) is 0 Å². The summed E-state index contributed by atoms with van der Waals surface area (Å²) in [4.78, 5) is 34.1. The number of nitrogens with one attached hydrogen (secondary N) is 1. The predicted molar refractivity (Wildman–Crippen MR) is 114 cm³/mol. The third kappa shape index (κ3) is 9.54. The number of carbonyl (C=O) groups is 2. The number of carbonyl (C=O) groups excluding carboxylic acids is 1. The normalized spacial score (nSPS) is 15.5. The fourth-order valence-corrected chi connectivity index (χ4v) is 4.66. The Bertz CT molecular complexity index is 689. The van der Waals surface area contributed by atoms with Crippen LogP contribution in [0.4, 0.5) is 0 Å². The van der Waals surface area contributed by atoms with Gasteiger partial charge in [-0.05, 0) is 50.1 Å². The van der Waals surface area contributed by atoms with Crippen molar-refractivity contribution < 1.29 is 30.1 Å². The maximum atomic E-state index is 12.8. The van der Waals surface area contributed by atoms with Gasteiger partial charge in [-0.2, -0.15) is 0 Å². The Kier molecular flexibility index (Phi) is 11.1. The van der Waals surface area contributed by atoms with Crippen molar-refractivity contribution in [2.45, 2.75) is 64.3 Å². The van der Waals surface area contributed by atoms with Crippen LogP contribution in [0.25, 0.3) is 0 Å². The lowest BCUT2D eigenvalue weighted by Gasteiger charge is -2.28. The Morgan fingerprint density at radius 3 is 2.41 bits per heavy atom. The molecule has 1 aromatic rings. The summed E-state index contributed by atoms with van der Waals surface area (Å²) in [6, 6.07) is 9.72. The van der Waals surface area contributed by atoms with Crippen LogP contribution >= 0.6 is 7.60 Å². The Morgan fingerprint density at radius 1 is 1.21 bits per heavy atom. The molecule has 1 amide bonds. The van der Waals surface area contributed by atoms with Crippen LogP contribution in [0.2, 0.25) is 0 Å². The molecule has 3 unspecified atom stereocenters. The van der Waals surface area contributed by atoms with E-state index in [1.807, 2.05) is 30.3 Å². The van der Waals surface area contributed by atoms with Crippen LogP contribution in [0, 0.1) is 5.92 Å². The number of rotatable bonds is 14. The van der Waals surface area contributed by atoms with Crippen LogP contribution in [-0.2, 0) is 25.1 Å². The lowest BCUT2D eigenvalue weighted by molar-refractivity contribution is -0.145. The van der Waals surface area contributed by atoms with Crippen molar-refractivity contribution in [3.63, 3.8) is 0 Å². The highest BCUT2D eigenvalue weighted by Crippen LogP contribution is 2.50. The Hall–Kier alpha value is -1.73. The molecule has 9 heteroatoms. The first-order valence-electron chi connectivity index (χ1n) is 9.94. The van der Waals surface area contributed by atoms with Gasteiger partial charge in [0.2, 0.25) is 5.91 Å². The van der Waals surface area contributed by atoms with E-state index in [0.29, 0.717) is 25.8 Å². The van der Waals surface area contributed by atoms with E-state index in [1.165, 1.54) is 0 Å². The topological polar surface area (TPSA) is 139 Å². The first-order chi connectivity index (χ1) is 13.7. The van der Waals surface area contributed by atoms with Crippen LogP contribution in [-0.4, -0.2) is 40.3 Å². The zero-order valence-electron chi connectivity index (χ0n) is 17.1. The van der Waals surface area contributed by atoms with E-state index in [-0.39, 0.29) is 20.2 Å². The average molecular weight is 430 g/mol. The minimum atomic E-state index is -4.41. The van der Waals surface area contributed by atoms with E-state index in [2.05, 4.69) is 5.32 Å². The number of hydrogen-bond donors (Lipinski definition) is 4. The van der Waals surface area contributed by atoms with Gasteiger partial charge in [0, 0.05) is 7.85 Å². The molecule has 8 nitrogen and oxygen atoms in total. The number of unbranched alkanes of at least 4 members (excludes halogenated alkanes) is 1. The van der Waals surface area contributed by atoms with E-state index in [9.17, 15) is 24.2 Å². The van der Waals surface area contributed by atoms with Gasteiger partial charge in [-0.1, -0.05) is 44.2 Å². The number of benzene rings is 1. The maximum Gasteiger partial charge on any atom is 0.351 e. The molecule has 3 atom stereocenters. The molecule has 1 aromatic carbocycles. The van der Waals surface area contributed by atoms with E-state index < -0.39 is 31.4 Å². The lowest BCUT2D eigenvalue weighted by atomic mass is 10.1. The van der Waals surface area contributed by atoms with Crippen LogP contribution in [0.5, 0.6) is 0 Å². The molecule has 0 aromatic heterocycles. The van der Waals surface area contributed by atoms with Gasteiger partial charge in [-0.3, -0.25) is 13.9 Å². The van der Waals surface area contributed by atoms with Crippen molar-refractivity contribution in [2.75, 3.05) is 6.54 Å². The Morgan fingerprint density at radius 2 is 1.86 bits per heavy atom. The number of nitrogens with two attached hydrogens (primary N) is 1. The number of carboxylic acid groups (broad SMARTS) is 1. The van der Waals surface area contributed by atoms with E-state index in [0.717, 1.165) is 12.0 Å². The summed E-state index contributed by atoms with van der Waals surface area (Å²) in [7, 11) is -4.41. The largest absolute Gasteiger partial charge is 0.479 e. The Labute approximate surface area is 173 Å².